The predicted molar refractivity (Wildman–Crippen MR) is 317 cm³/mol. The average Bonchev–Trinajstić information content (AvgIpc) is 1.48. The molecule has 0 saturated heterocycles. The number of hydrogen-bond acceptors (Lipinski definition) is 3. The maximum absolute atomic E-state index is 9.77. The second kappa shape index (κ2) is 17.6. The molecule has 0 aliphatic carbocycles. The van der Waals surface area contributed by atoms with Gasteiger partial charge in [-0.1, -0.05) is 230 Å². The molecule has 0 atom stereocenters. The Morgan fingerprint density at radius 2 is 0.658 bits per heavy atom. The topological polar surface area (TPSA) is 53.5 Å². The van der Waals surface area contributed by atoms with Crippen LogP contribution in [0.25, 0.3) is 106 Å². The molecule has 76 heavy (non-hydrogen) atoms. The van der Waals surface area contributed by atoms with Crippen LogP contribution in [-0.4, -0.2) is 36.7 Å². The van der Waals surface area contributed by atoms with Crippen LogP contribution in [0.5, 0.6) is 0 Å². The normalized spacial score (nSPS) is 16.4. The van der Waals surface area contributed by atoms with Gasteiger partial charge in [-0.05, 0) is 80.3 Å². The first-order chi connectivity index (χ1) is 47.7. The Labute approximate surface area is 473 Å². The molecule has 356 valence electrons. The summed E-state index contributed by atoms with van der Waals surface area (Å²) >= 11 is 0. The van der Waals surface area contributed by atoms with Gasteiger partial charge in [-0.25, -0.2) is 0 Å². The molecule has 0 spiro atoms. The first-order valence-corrected chi connectivity index (χ1v) is 25.9. The van der Waals surface area contributed by atoms with E-state index in [1.165, 1.54) is 4.57 Å². The fraction of sp³-hybridized carbons (Fsp3) is 0. The summed E-state index contributed by atoms with van der Waals surface area (Å²) in [7, 11) is -3.97. The third kappa shape index (κ3) is 6.69. The lowest BCUT2D eigenvalue weighted by atomic mass is 10.1. The van der Waals surface area contributed by atoms with Crippen LogP contribution in [0.3, 0.4) is 0 Å². The van der Waals surface area contributed by atoms with Gasteiger partial charge in [0, 0.05) is 37.9 Å². The number of aromatic nitrogens is 6. The minimum absolute atomic E-state index is 0.166. The van der Waals surface area contributed by atoms with Crippen LogP contribution in [0.15, 0.2) is 278 Å². The summed E-state index contributed by atoms with van der Waals surface area (Å²) < 4.78 is 226. The van der Waals surface area contributed by atoms with E-state index >= 15 is 0 Å². The lowest BCUT2D eigenvalue weighted by Crippen LogP contribution is -2.74. The maximum atomic E-state index is 9.77. The summed E-state index contributed by atoms with van der Waals surface area (Å²) in [5.74, 6) is -2.03. The van der Waals surface area contributed by atoms with E-state index in [-0.39, 0.29) is 33.1 Å². The van der Waals surface area contributed by atoms with Crippen molar-refractivity contribution >= 4 is 94.2 Å². The molecule has 4 aromatic heterocycles. The summed E-state index contributed by atoms with van der Waals surface area (Å²) in [4.78, 5) is 15.4. The summed E-state index contributed by atoms with van der Waals surface area (Å²) in [6.45, 7) is 0. The van der Waals surface area contributed by atoms with Crippen LogP contribution in [0.2, 0.25) is 0 Å². The zero-order valence-electron chi connectivity index (χ0n) is 63.4. The molecule has 6 nitrogen and oxygen atoms in total. The van der Waals surface area contributed by atoms with E-state index in [0.29, 0.717) is 5.19 Å². The van der Waals surface area contributed by atoms with Crippen molar-refractivity contribution in [2.45, 2.75) is 0 Å². The van der Waals surface area contributed by atoms with E-state index in [1.807, 2.05) is 109 Å². The molecule has 0 amide bonds. The standard InChI is InChI=1S/C69H46N6Si/c1-4-23-47(24-5-1)48-25-22-30-51(45-48)76(49-26-6-2-7-27-49,50-28-8-3-9-29-50)52-43-44-66(73-60-37-16-10-31-53(60)54-32-11-17-38-61(54)73)59(46-52)67-70-68(74-62-39-18-12-33-55(62)56-34-13-19-40-63(56)74)72-69(71-67)75-64-41-20-14-35-57(64)58-36-15-21-42-65(58)75/h1-46H/i10D,11D,12D,13D,14D,15D,16D,17D,18D,19D,20D,21D,31D,32D,33D,34D,35D,36D,37D,38D,39D,40D,41D,42D. The monoisotopic (exact) mass is 1010 g/mol. The van der Waals surface area contributed by atoms with Crippen molar-refractivity contribution in [3.8, 4) is 40.1 Å². The number of para-hydroxylation sites is 6. The Morgan fingerprint density at radius 3 is 1.09 bits per heavy atom. The Balaban J connectivity index is 1.23. The molecule has 0 fully saturated rings. The van der Waals surface area contributed by atoms with Gasteiger partial charge < -0.3 is 4.57 Å². The molecular weight excluding hydrogens is 941 g/mol. The van der Waals surface area contributed by atoms with E-state index in [9.17, 15) is 19.2 Å². The number of fused-ring (bicyclic) bond motifs is 9. The van der Waals surface area contributed by atoms with Gasteiger partial charge in [0.15, 0.2) is 13.9 Å². The third-order valence-electron chi connectivity index (χ3n) is 13.8. The highest BCUT2D eigenvalue weighted by Crippen LogP contribution is 2.38. The SMILES string of the molecule is [2H]c1c([2H])c([2H])c2c(c1[2H])c1c([2H])c([2H])c([2H])c([2H])c1n2-c1nc(-c2cc([Si](c3ccccc3)(c3ccccc3)c3cccc(-c4ccccc4)c3)ccc2-n2c3c([2H])c([2H])c([2H])c([2H])c3c3c([2H])c([2H])c([2H])c([2H])c32)nc(-n2c3c([2H])c([2H])c([2H])c([2H])c3c3c([2H])c([2H])c([2H])c([2H])c32)n1. The van der Waals surface area contributed by atoms with Crippen molar-refractivity contribution in [2.24, 2.45) is 0 Å². The smallest absolute Gasteiger partial charge is 0.240 e. The summed E-state index contributed by atoms with van der Waals surface area (Å²) in [5, 5.41) is 0.563. The molecule has 0 radical (unpaired) electrons. The van der Waals surface area contributed by atoms with Gasteiger partial charge in [-0.15, -0.1) is 0 Å². The van der Waals surface area contributed by atoms with Crippen LogP contribution in [0.1, 0.15) is 32.9 Å². The molecule has 7 heteroatoms. The van der Waals surface area contributed by atoms with Crippen molar-refractivity contribution in [1.82, 2.24) is 28.7 Å². The molecule has 0 aliphatic rings. The van der Waals surface area contributed by atoms with Gasteiger partial charge in [0.05, 0.1) is 71.7 Å². The van der Waals surface area contributed by atoms with Crippen LogP contribution >= 0.6 is 0 Å². The Bertz CT molecular complexity index is 5710. The molecule has 15 rings (SSSR count). The van der Waals surface area contributed by atoms with Crippen molar-refractivity contribution in [3.63, 3.8) is 0 Å². The van der Waals surface area contributed by atoms with Crippen LogP contribution in [-0.2, 0) is 0 Å². The second-order valence-corrected chi connectivity index (χ2v) is 21.6. The van der Waals surface area contributed by atoms with E-state index in [1.54, 1.807) is 18.2 Å². The predicted octanol–water partition coefficient (Wildman–Crippen LogP) is 13.9. The largest absolute Gasteiger partial charge is 0.309 e. The van der Waals surface area contributed by atoms with Gasteiger partial charge >= 0.3 is 0 Å². The molecular formula is C69H46N6Si. The highest BCUT2D eigenvalue weighted by Gasteiger charge is 2.42. The Morgan fingerprint density at radius 1 is 0.303 bits per heavy atom. The zero-order chi connectivity index (χ0) is 71.0. The Kier molecular flexibility index (Phi) is 5.99. The van der Waals surface area contributed by atoms with Crippen LogP contribution < -0.4 is 20.7 Å². The lowest BCUT2D eigenvalue weighted by molar-refractivity contribution is 0.892. The van der Waals surface area contributed by atoms with Gasteiger partial charge in [0.1, 0.15) is 0 Å². The van der Waals surface area contributed by atoms with Gasteiger partial charge in [-0.2, -0.15) is 15.0 Å². The van der Waals surface area contributed by atoms with Gasteiger partial charge in [0.25, 0.3) is 0 Å². The maximum Gasteiger partial charge on any atom is 0.240 e. The van der Waals surface area contributed by atoms with Crippen LogP contribution in [0, 0.1) is 0 Å². The minimum atomic E-state index is -3.97. The highest BCUT2D eigenvalue weighted by atomic mass is 28.3. The number of rotatable bonds is 9. The fourth-order valence-corrected chi connectivity index (χ4v) is 15.5. The van der Waals surface area contributed by atoms with E-state index in [2.05, 4.69) is 6.07 Å². The first-order valence-electron chi connectivity index (χ1n) is 35.9. The molecule has 15 aromatic rings. The summed E-state index contributed by atoms with van der Waals surface area (Å²) in [6.07, 6.45) is 0. The number of nitrogens with zero attached hydrogens (tertiary/aromatic N) is 6. The van der Waals surface area contributed by atoms with Gasteiger partial charge in [-0.3, -0.25) is 9.13 Å². The zero-order valence-corrected chi connectivity index (χ0v) is 40.4. The van der Waals surface area contributed by atoms with Crippen LogP contribution in [0.4, 0.5) is 0 Å². The molecule has 0 saturated carbocycles. The lowest BCUT2D eigenvalue weighted by Gasteiger charge is -2.35. The quantitative estimate of drug-likeness (QED) is 0.107. The molecule has 0 N–H and O–H groups in total. The van der Waals surface area contributed by atoms with Gasteiger partial charge in [0.2, 0.25) is 11.9 Å². The third-order valence-corrected chi connectivity index (χ3v) is 18.6. The minimum Gasteiger partial charge on any atom is -0.309 e. The van der Waals surface area contributed by atoms with E-state index in [4.69, 9.17) is 28.7 Å². The number of hydrogen-bond donors (Lipinski definition) is 0. The fourth-order valence-electron chi connectivity index (χ4n) is 10.7. The molecule has 0 unspecified atom stereocenters. The molecule has 11 aromatic carbocycles. The first kappa shape index (κ1) is 25.8. The molecule has 0 aliphatic heterocycles. The molecule has 4 heterocycles. The van der Waals surface area contributed by atoms with Crippen molar-refractivity contribution in [1.29, 1.82) is 0 Å². The number of benzene rings is 11. The van der Waals surface area contributed by atoms with Crippen molar-refractivity contribution < 1.29 is 32.9 Å². The summed E-state index contributed by atoms with van der Waals surface area (Å²) in [5.41, 5.74) is -1.41. The molecule has 0 bridgehead atoms. The van der Waals surface area contributed by atoms with E-state index in [0.717, 1.165) is 35.8 Å². The summed E-state index contributed by atoms with van der Waals surface area (Å²) in [6, 6.07) is 23.2. The van der Waals surface area contributed by atoms with E-state index < -0.39 is 214 Å². The average molecular weight is 1010 g/mol. The van der Waals surface area contributed by atoms with Crippen molar-refractivity contribution in [2.75, 3.05) is 0 Å². The Hall–Kier alpha value is -9.95. The second-order valence-electron chi connectivity index (χ2n) is 17.8. The highest BCUT2D eigenvalue weighted by molar-refractivity contribution is 7.20. The van der Waals surface area contributed by atoms with Crippen molar-refractivity contribution in [3.05, 3.63) is 278 Å².